The molecule has 1 aliphatic heterocycles. The lowest BCUT2D eigenvalue weighted by Crippen LogP contribution is -1.94. The van der Waals surface area contributed by atoms with Crippen molar-refractivity contribution in [2.45, 2.75) is 6.42 Å². The van der Waals surface area contributed by atoms with Crippen LogP contribution in [0.25, 0.3) is 0 Å². The van der Waals surface area contributed by atoms with Gasteiger partial charge in [-0.15, -0.1) is 0 Å². The Labute approximate surface area is 62.8 Å². The molecule has 0 amide bonds. The highest BCUT2D eigenvalue weighted by molar-refractivity contribution is 5.36. The first-order valence-electron chi connectivity index (χ1n) is 4.19. The highest BCUT2D eigenvalue weighted by atomic mass is 16.5. The van der Waals surface area contributed by atoms with Gasteiger partial charge in [0.1, 0.15) is 7.12 Å². The third-order valence-electron chi connectivity index (χ3n) is 1.48. The van der Waals surface area contributed by atoms with Crippen LogP contribution in [0, 0.1) is 0 Å². The SMILES string of the molecule is [2H]C1=C([2H])Oc2ccccc2C1. The van der Waals surface area contributed by atoms with E-state index in [4.69, 9.17) is 7.48 Å². The van der Waals surface area contributed by atoms with Crippen molar-refractivity contribution in [3.05, 3.63) is 42.1 Å². The number of fused-ring (bicyclic) bond motifs is 1. The van der Waals surface area contributed by atoms with Crippen LogP contribution in [0.4, 0.5) is 0 Å². The largest absolute Gasteiger partial charge is 0.465 e. The van der Waals surface area contributed by atoms with E-state index in [1.54, 1.807) is 0 Å². The van der Waals surface area contributed by atoms with Gasteiger partial charge in [-0.25, -0.2) is 0 Å². The van der Waals surface area contributed by atoms with Crippen LogP contribution in [-0.2, 0) is 6.42 Å². The zero-order chi connectivity index (χ0) is 8.55. The number of benzene rings is 1. The molecular formula is C9H8O. The van der Waals surface area contributed by atoms with Gasteiger partial charge in [-0.3, -0.25) is 0 Å². The zero-order valence-electron chi connectivity index (χ0n) is 7.42. The molecule has 1 heteroatoms. The highest BCUT2D eigenvalue weighted by Crippen LogP contribution is 2.21. The van der Waals surface area contributed by atoms with E-state index in [0.717, 1.165) is 5.56 Å². The average molecular weight is 134 g/mol. The summed E-state index contributed by atoms with van der Waals surface area (Å²) in [5, 5.41) is 0. The molecule has 10 heavy (non-hydrogen) atoms. The molecule has 0 radical (unpaired) electrons. The number of allylic oxidation sites excluding steroid dienone is 1. The van der Waals surface area contributed by atoms with Gasteiger partial charge in [0.15, 0.2) is 0 Å². The summed E-state index contributed by atoms with van der Waals surface area (Å²) in [6.07, 6.45) is 0.475. The lowest BCUT2D eigenvalue weighted by Gasteiger charge is -2.09. The van der Waals surface area contributed by atoms with Crippen molar-refractivity contribution in [1.82, 2.24) is 0 Å². The Bertz CT molecular complexity index is 311. The van der Waals surface area contributed by atoms with Crippen LogP contribution in [0.5, 0.6) is 5.75 Å². The second-order valence-electron chi connectivity index (χ2n) is 2.17. The molecule has 50 valence electrons. The van der Waals surface area contributed by atoms with Crippen LogP contribution in [0.3, 0.4) is 0 Å². The van der Waals surface area contributed by atoms with Gasteiger partial charge in [0.05, 0.1) is 7.61 Å². The maximum atomic E-state index is 7.38. The summed E-state index contributed by atoms with van der Waals surface area (Å²) in [4.78, 5) is 0. The van der Waals surface area contributed by atoms with Crippen LogP contribution >= 0.6 is 0 Å². The fourth-order valence-corrected chi connectivity index (χ4v) is 0.972. The monoisotopic (exact) mass is 134 g/mol. The minimum absolute atomic E-state index is 0.0336. The Kier molecular flexibility index (Phi) is 0.831. The molecule has 1 aromatic carbocycles. The third-order valence-corrected chi connectivity index (χ3v) is 1.48. The standard InChI is InChI=1S/C9H8O/c1-2-6-9-8(4-1)5-3-7-10-9/h1-4,6-7H,5H2/i3D,7D. The van der Waals surface area contributed by atoms with Crippen LogP contribution in [0.2, 0.25) is 0 Å². The molecule has 0 fully saturated rings. The Balaban J connectivity index is 2.43. The lowest BCUT2D eigenvalue weighted by atomic mass is 10.1. The van der Waals surface area contributed by atoms with Crippen molar-refractivity contribution >= 4 is 0 Å². The predicted octanol–water partition coefficient (Wildman–Crippen LogP) is 2.14. The highest BCUT2D eigenvalue weighted by Gasteiger charge is 2.02. The van der Waals surface area contributed by atoms with Gasteiger partial charge in [-0.1, -0.05) is 18.2 Å². The molecule has 0 aliphatic carbocycles. The van der Waals surface area contributed by atoms with Gasteiger partial charge in [-0.2, -0.15) is 0 Å². The summed E-state index contributed by atoms with van der Waals surface area (Å²) < 4.78 is 19.8. The van der Waals surface area contributed by atoms with Gasteiger partial charge in [0.25, 0.3) is 0 Å². The molecule has 1 aliphatic rings. The molecule has 0 N–H and O–H groups in total. The first-order valence-corrected chi connectivity index (χ1v) is 3.19. The van der Waals surface area contributed by atoms with E-state index in [1.807, 2.05) is 24.3 Å². The molecule has 0 unspecified atom stereocenters. The van der Waals surface area contributed by atoms with Crippen LogP contribution in [0.1, 0.15) is 8.30 Å². The first-order chi connectivity index (χ1) is 5.77. The van der Waals surface area contributed by atoms with Crippen LogP contribution < -0.4 is 4.74 Å². The summed E-state index contributed by atoms with van der Waals surface area (Å²) in [5.41, 5.74) is 0.985. The minimum atomic E-state index is -0.0336. The van der Waals surface area contributed by atoms with Gasteiger partial charge in [0.2, 0.25) is 0 Å². The summed E-state index contributed by atoms with van der Waals surface area (Å²) in [5.74, 6) is 0.707. The maximum absolute atomic E-state index is 7.38. The normalized spacial score (nSPS) is 18.8. The van der Waals surface area contributed by atoms with Crippen molar-refractivity contribution in [3.63, 3.8) is 0 Å². The topological polar surface area (TPSA) is 9.23 Å². The van der Waals surface area contributed by atoms with E-state index in [1.165, 1.54) is 0 Å². The summed E-state index contributed by atoms with van der Waals surface area (Å²) in [6.45, 7) is 0. The lowest BCUT2D eigenvalue weighted by molar-refractivity contribution is 0.464. The number of hydrogen-bond donors (Lipinski definition) is 0. The quantitative estimate of drug-likeness (QED) is 0.528. The van der Waals surface area contributed by atoms with Crippen molar-refractivity contribution in [3.8, 4) is 5.75 Å². The van der Waals surface area contributed by atoms with Crippen molar-refractivity contribution in [2.75, 3.05) is 0 Å². The Hall–Kier alpha value is -1.24. The Morgan fingerprint density at radius 3 is 3.30 bits per heavy atom. The van der Waals surface area contributed by atoms with E-state index in [2.05, 4.69) is 0 Å². The molecule has 0 atom stereocenters. The average Bonchev–Trinajstić information content (AvgIpc) is 2.07. The molecule has 1 nitrogen and oxygen atoms in total. The first kappa shape index (κ1) is 3.81. The summed E-state index contributed by atoms with van der Waals surface area (Å²) in [6, 6.07) is 7.74. The van der Waals surface area contributed by atoms with E-state index in [-0.39, 0.29) is 12.3 Å². The fourth-order valence-electron chi connectivity index (χ4n) is 0.972. The van der Waals surface area contributed by atoms with Gasteiger partial charge >= 0.3 is 0 Å². The van der Waals surface area contributed by atoms with E-state index in [0.29, 0.717) is 12.2 Å². The van der Waals surface area contributed by atoms with Crippen LogP contribution in [0.15, 0.2) is 36.6 Å². The maximum Gasteiger partial charge on any atom is 0.130 e. The second-order valence-corrected chi connectivity index (χ2v) is 2.17. The molecule has 0 spiro atoms. The molecule has 1 heterocycles. The molecule has 0 bridgehead atoms. The Morgan fingerprint density at radius 1 is 1.40 bits per heavy atom. The third kappa shape index (κ3) is 0.798. The second kappa shape index (κ2) is 2.18. The van der Waals surface area contributed by atoms with Crippen molar-refractivity contribution in [1.29, 1.82) is 0 Å². The smallest absolute Gasteiger partial charge is 0.130 e. The predicted molar refractivity (Wildman–Crippen MR) is 39.9 cm³/mol. The molecule has 0 saturated carbocycles. The van der Waals surface area contributed by atoms with E-state index >= 15 is 0 Å². The van der Waals surface area contributed by atoms with E-state index < -0.39 is 0 Å². The van der Waals surface area contributed by atoms with Crippen molar-refractivity contribution < 1.29 is 7.48 Å². The van der Waals surface area contributed by atoms with Gasteiger partial charge in [-0.05, 0) is 24.1 Å². The van der Waals surface area contributed by atoms with E-state index in [9.17, 15) is 0 Å². The molecule has 0 saturated heterocycles. The van der Waals surface area contributed by atoms with Crippen LogP contribution in [-0.4, -0.2) is 0 Å². The number of hydrogen-bond acceptors (Lipinski definition) is 1. The number of para-hydroxylation sites is 1. The number of ether oxygens (including phenoxy) is 1. The fraction of sp³-hybridized carbons (Fsp3) is 0.111. The number of rotatable bonds is 0. The summed E-state index contributed by atoms with van der Waals surface area (Å²) >= 11 is 0. The van der Waals surface area contributed by atoms with Gasteiger partial charge < -0.3 is 4.74 Å². The summed E-state index contributed by atoms with van der Waals surface area (Å²) in [7, 11) is 0. The van der Waals surface area contributed by atoms with Crippen molar-refractivity contribution in [2.24, 2.45) is 0 Å². The molecule has 0 aromatic heterocycles. The minimum Gasteiger partial charge on any atom is -0.465 e. The Morgan fingerprint density at radius 2 is 2.30 bits per heavy atom. The van der Waals surface area contributed by atoms with Gasteiger partial charge in [0, 0.05) is 0 Å². The molecular weight excluding hydrogens is 124 g/mol. The molecule has 2 rings (SSSR count). The zero-order valence-corrected chi connectivity index (χ0v) is 5.42. The molecule has 1 aromatic rings.